The van der Waals surface area contributed by atoms with Gasteiger partial charge in [0.1, 0.15) is 0 Å². The lowest BCUT2D eigenvalue weighted by atomic mass is 10.1. The number of anilines is 1. The number of rotatable bonds is 6. The topological polar surface area (TPSA) is 46.2 Å². The van der Waals surface area contributed by atoms with Gasteiger partial charge in [-0.25, -0.2) is 0 Å². The Morgan fingerprint density at radius 3 is 2.36 bits per heavy atom. The molecule has 28 heavy (non-hydrogen) atoms. The largest absolute Gasteiger partial charge is 0.322 e. The normalized spacial score (nSPS) is 10.5. The van der Waals surface area contributed by atoms with Gasteiger partial charge in [0.25, 0.3) is 5.91 Å². The molecule has 142 valence electrons. The lowest BCUT2D eigenvalue weighted by Crippen LogP contribution is -2.11. The molecule has 0 saturated heterocycles. The molecule has 0 aliphatic rings. The maximum atomic E-state index is 12.4. The van der Waals surface area contributed by atoms with Gasteiger partial charge in [-0.3, -0.25) is 9.59 Å². The van der Waals surface area contributed by atoms with Crippen molar-refractivity contribution in [2.75, 3.05) is 11.1 Å². The van der Waals surface area contributed by atoms with Crippen LogP contribution in [0.1, 0.15) is 20.7 Å². The highest BCUT2D eigenvalue weighted by Gasteiger charge is 2.10. The lowest BCUT2D eigenvalue weighted by molar-refractivity contribution is 0.101. The molecule has 0 saturated carbocycles. The Labute approximate surface area is 182 Å². The van der Waals surface area contributed by atoms with E-state index in [1.54, 1.807) is 48.5 Å². The molecule has 1 N–H and O–H groups in total. The van der Waals surface area contributed by atoms with Crippen molar-refractivity contribution in [1.82, 2.24) is 0 Å². The van der Waals surface area contributed by atoms with Gasteiger partial charge in [0.2, 0.25) is 0 Å². The number of benzene rings is 3. The Morgan fingerprint density at radius 2 is 1.61 bits per heavy atom. The highest BCUT2D eigenvalue weighted by molar-refractivity contribution is 8.00. The van der Waals surface area contributed by atoms with Crippen LogP contribution in [0.5, 0.6) is 0 Å². The molecule has 0 atom stereocenters. The number of Topliss-reactive ketones (excluding diaryl/α,β-unsaturated/α-hetero) is 1. The molecule has 0 aliphatic heterocycles. The van der Waals surface area contributed by atoms with Crippen LogP contribution < -0.4 is 5.32 Å². The molecule has 0 fully saturated rings. The summed E-state index contributed by atoms with van der Waals surface area (Å²) in [6, 6.07) is 18.8. The summed E-state index contributed by atoms with van der Waals surface area (Å²) in [7, 11) is 0. The standard InChI is InChI=1S/C21H14Cl3NO2S/c22-15-4-1-3-14(9-15)21(27)25-16-5-2-6-17(11-16)28-12-20(26)13-7-8-18(23)19(24)10-13/h1-11H,12H2,(H,25,27). The zero-order valence-corrected chi connectivity index (χ0v) is 17.5. The Morgan fingerprint density at radius 1 is 0.821 bits per heavy atom. The van der Waals surface area contributed by atoms with Crippen LogP contribution >= 0.6 is 46.6 Å². The van der Waals surface area contributed by atoms with Gasteiger partial charge in [-0.2, -0.15) is 0 Å². The maximum Gasteiger partial charge on any atom is 0.255 e. The molecule has 3 aromatic carbocycles. The molecular weight excluding hydrogens is 437 g/mol. The third kappa shape index (κ3) is 5.52. The van der Waals surface area contributed by atoms with E-state index in [0.29, 0.717) is 31.9 Å². The summed E-state index contributed by atoms with van der Waals surface area (Å²) in [5.74, 6) is -0.0719. The monoisotopic (exact) mass is 449 g/mol. The fourth-order valence-electron chi connectivity index (χ4n) is 2.40. The first-order valence-electron chi connectivity index (χ1n) is 8.20. The van der Waals surface area contributed by atoms with Crippen LogP contribution in [0.15, 0.2) is 71.6 Å². The van der Waals surface area contributed by atoms with E-state index >= 15 is 0 Å². The van der Waals surface area contributed by atoms with Crippen molar-refractivity contribution < 1.29 is 9.59 Å². The average Bonchev–Trinajstić information content (AvgIpc) is 2.68. The van der Waals surface area contributed by atoms with Crippen LogP contribution in [0.25, 0.3) is 0 Å². The van der Waals surface area contributed by atoms with Crippen molar-refractivity contribution >= 4 is 63.9 Å². The van der Waals surface area contributed by atoms with Gasteiger partial charge in [-0.1, -0.05) is 46.9 Å². The van der Waals surface area contributed by atoms with E-state index in [1.807, 2.05) is 18.2 Å². The van der Waals surface area contributed by atoms with Gasteiger partial charge in [0.05, 0.1) is 15.8 Å². The fourth-order valence-corrected chi connectivity index (χ4v) is 3.74. The number of hydrogen-bond donors (Lipinski definition) is 1. The summed E-state index contributed by atoms with van der Waals surface area (Å²) in [4.78, 5) is 25.5. The van der Waals surface area contributed by atoms with Crippen LogP contribution in [-0.4, -0.2) is 17.4 Å². The van der Waals surface area contributed by atoms with E-state index < -0.39 is 0 Å². The third-order valence-electron chi connectivity index (χ3n) is 3.79. The minimum Gasteiger partial charge on any atom is -0.322 e. The summed E-state index contributed by atoms with van der Waals surface area (Å²) in [5, 5.41) is 4.09. The van der Waals surface area contributed by atoms with Crippen molar-refractivity contribution in [3.8, 4) is 0 Å². The Kier molecular flexibility index (Phi) is 7.03. The van der Waals surface area contributed by atoms with Gasteiger partial charge < -0.3 is 5.32 Å². The molecule has 3 rings (SSSR count). The predicted octanol–water partition coefficient (Wildman–Crippen LogP) is 6.87. The van der Waals surface area contributed by atoms with Crippen molar-refractivity contribution in [3.63, 3.8) is 0 Å². The Bertz CT molecular complexity index is 1040. The van der Waals surface area contributed by atoms with E-state index in [2.05, 4.69) is 5.32 Å². The molecule has 0 radical (unpaired) electrons. The smallest absolute Gasteiger partial charge is 0.255 e. The van der Waals surface area contributed by atoms with Crippen molar-refractivity contribution in [2.45, 2.75) is 4.90 Å². The number of amides is 1. The Balaban J connectivity index is 1.63. The van der Waals surface area contributed by atoms with E-state index in [1.165, 1.54) is 11.8 Å². The molecule has 7 heteroatoms. The van der Waals surface area contributed by atoms with Gasteiger partial charge in [0.15, 0.2) is 5.78 Å². The van der Waals surface area contributed by atoms with Crippen molar-refractivity contribution in [2.24, 2.45) is 0 Å². The number of nitrogens with one attached hydrogen (secondary N) is 1. The first kappa shape index (κ1) is 20.7. The first-order chi connectivity index (χ1) is 13.4. The molecule has 0 aromatic heterocycles. The zero-order chi connectivity index (χ0) is 20.1. The number of halogens is 3. The van der Waals surface area contributed by atoms with Gasteiger partial charge in [0, 0.05) is 26.7 Å². The van der Waals surface area contributed by atoms with Crippen LogP contribution in [-0.2, 0) is 0 Å². The second-order valence-corrected chi connectivity index (χ2v) is 8.13. The van der Waals surface area contributed by atoms with Crippen LogP contribution in [0.4, 0.5) is 5.69 Å². The van der Waals surface area contributed by atoms with E-state index in [-0.39, 0.29) is 17.4 Å². The minimum absolute atomic E-state index is 0.0584. The first-order valence-corrected chi connectivity index (χ1v) is 10.3. The van der Waals surface area contributed by atoms with Gasteiger partial charge >= 0.3 is 0 Å². The lowest BCUT2D eigenvalue weighted by Gasteiger charge is -2.08. The highest BCUT2D eigenvalue weighted by Crippen LogP contribution is 2.26. The van der Waals surface area contributed by atoms with Crippen molar-refractivity contribution in [1.29, 1.82) is 0 Å². The molecule has 0 spiro atoms. The number of carbonyl (C=O) groups excluding carboxylic acids is 2. The minimum atomic E-state index is -0.253. The molecular formula is C21H14Cl3NO2S. The average molecular weight is 451 g/mol. The maximum absolute atomic E-state index is 12.4. The van der Waals surface area contributed by atoms with Crippen LogP contribution in [0.2, 0.25) is 15.1 Å². The Hall–Kier alpha value is -1.98. The summed E-state index contributed by atoms with van der Waals surface area (Å²) in [6.07, 6.45) is 0. The molecule has 0 bridgehead atoms. The summed E-state index contributed by atoms with van der Waals surface area (Å²) in [6.45, 7) is 0. The molecule has 0 heterocycles. The fraction of sp³-hybridized carbons (Fsp3) is 0.0476. The summed E-state index contributed by atoms with van der Waals surface area (Å²) < 4.78 is 0. The predicted molar refractivity (Wildman–Crippen MR) is 117 cm³/mol. The number of thioether (sulfide) groups is 1. The van der Waals surface area contributed by atoms with Crippen molar-refractivity contribution in [3.05, 3.63) is 92.9 Å². The quantitative estimate of drug-likeness (QED) is 0.329. The zero-order valence-electron chi connectivity index (χ0n) is 14.4. The molecule has 3 aromatic rings. The second kappa shape index (κ2) is 9.48. The summed E-state index contributed by atoms with van der Waals surface area (Å²) in [5.41, 5.74) is 1.62. The number of hydrogen-bond acceptors (Lipinski definition) is 3. The summed E-state index contributed by atoms with van der Waals surface area (Å²) >= 11 is 19.1. The molecule has 1 amide bonds. The SMILES string of the molecule is O=C(CSc1cccc(NC(=O)c2cccc(Cl)c2)c1)c1ccc(Cl)c(Cl)c1. The van der Waals surface area contributed by atoms with Crippen LogP contribution in [0.3, 0.4) is 0 Å². The molecule has 3 nitrogen and oxygen atoms in total. The van der Waals surface area contributed by atoms with E-state index in [0.717, 1.165) is 4.90 Å². The molecule has 0 unspecified atom stereocenters. The number of carbonyl (C=O) groups is 2. The highest BCUT2D eigenvalue weighted by atomic mass is 35.5. The van der Waals surface area contributed by atoms with Gasteiger partial charge in [-0.05, 0) is 54.6 Å². The molecule has 0 aliphatic carbocycles. The van der Waals surface area contributed by atoms with Crippen LogP contribution in [0, 0.1) is 0 Å². The number of ketones is 1. The van der Waals surface area contributed by atoms with E-state index in [4.69, 9.17) is 34.8 Å². The van der Waals surface area contributed by atoms with Gasteiger partial charge in [-0.15, -0.1) is 11.8 Å². The third-order valence-corrected chi connectivity index (χ3v) is 5.76. The second-order valence-electron chi connectivity index (χ2n) is 5.83. The van der Waals surface area contributed by atoms with E-state index in [9.17, 15) is 9.59 Å².